The average Bonchev–Trinajstić information content (AvgIpc) is 3.74. The summed E-state index contributed by atoms with van der Waals surface area (Å²) in [6.07, 6.45) is 5.78. The van der Waals surface area contributed by atoms with Crippen molar-refractivity contribution in [3.05, 3.63) is 100 Å². The second kappa shape index (κ2) is 12.0. The summed E-state index contributed by atoms with van der Waals surface area (Å²) in [5, 5.41) is 14.3. The van der Waals surface area contributed by atoms with E-state index < -0.39 is 23.4 Å². The number of halogens is 3. The second-order valence-electron chi connectivity index (χ2n) is 10.8. The van der Waals surface area contributed by atoms with E-state index in [-0.39, 0.29) is 70.8 Å². The molecule has 1 fully saturated rings. The number of aromatic nitrogens is 6. The zero-order valence-corrected chi connectivity index (χ0v) is 25.1. The number of aromatic carboxylic acids is 1. The molecule has 0 aliphatic carbocycles. The van der Waals surface area contributed by atoms with Gasteiger partial charge >= 0.3 is 5.97 Å². The maximum atomic E-state index is 15.5. The summed E-state index contributed by atoms with van der Waals surface area (Å²) in [6.45, 7) is 0.971. The summed E-state index contributed by atoms with van der Waals surface area (Å²) < 4.78 is 60.6. The van der Waals surface area contributed by atoms with Crippen molar-refractivity contribution < 1.29 is 32.5 Å². The Morgan fingerprint density at radius 3 is 2.70 bits per heavy atom. The number of pyridine rings is 1. The van der Waals surface area contributed by atoms with Crippen molar-refractivity contribution in [1.29, 1.82) is 0 Å². The summed E-state index contributed by atoms with van der Waals surface area (Å²) in [4.78, 5) is 25.6. The number of carboxylic acid groups (broad SMARTS) is 1. The molecule has 0 spiro atoms. The Bertz CT molecular complexity index is 2110. The topological polar surface area (TPSA) is 117 Å². The van der Waals surface area contributed by atoms with Gasteiger partial charge in [0.1, 0.15) is 34.6 Å². The van der Waals surface area contributed by atoms with E-state index in [4.69, 9.17) is 9.47 Å². The Kier molecular flexibility index (Phi) is 7.74. The van der Waals surface area contributed by atoms with Crippen LogP contribution in [0.3, 0.4) is 0 Å². The summed E-state index contributed by atoms with van der Waals surface area (Å²) in [7, 11) is 1.83. The molecule has 1 saturated heterocycles. The summed E-state index contributed by atoms with van der Waals surface area (Å²) >= 11 is 1.45. The van der Waals surface area contributed by atoms with Gasteiger partial charge in [-0.25, -0.2) is 32.9 Å². The third-order valence-corrected chi connectivity index (χ3v) is 8.70. The number of nitrogens with zero attached hydrogens (tertiary/aromatic N) is 6. The van der Waals surface area contributed by atoms with E-state index in [2.05, 4.69) is 20.1 Å². The van der Waals surface area contributed by atoms with E-state index in [0.717, 1.165) is 35.1 Å². The Morgan fingerprint density at radius 1 is 1.11 bits per heavy atom. The number of aryl methyl sites for hydroxylation is 1. The third kappa shape index (κ3) is 5.84. The molecule has 1 aliphatic rings. The van der Waals surface area contributed by atoms with Crippen LogP contribution in [0.1, 0.15) is 33.2 Å². The fourth-order valence-corrected chi connectivity index (χ4v) is 6.06. The largest absolute Gasteiger partial charge is 0.478 e. The van der Waals surface area contributed by atoms with Gasteiger partial charge in [-0.05, 0) is 42.3 Å². The molecular weight excluding hydrogens is 621 g/mol. The molecule has 46 heavy (non-hydrogen) atoms. The fourth-order valence-electron chi connectivity index (χ4n) is 5.25. The number of benzene rings is 2. The van der Waals surface area contributed by atoms with Crippen molar-refractivity contribution >= 4 is 28.3 Å². The van der Waals surface area contributed by atoms with Crippen molar-refractivity contribution in [3.63, 3.8) is 0 Å². The summed E-state index contributed by atoms with van der Waals surface area (Å²) in [6, 6.07) is 9.15. The van der Waals surface area contributed by atoms with Crippen LogP contribution in [0.25, 0.3) is 32.7 Å². The van der Waals surface area contributed by atoms with Gasteiger partial charge < -0.3 is 19.1 Å². The highest BCUT2D eigenvalue weighted by Crippen LogP contribution is 2.30. The number of fused-ring (bicyclic) bond motifs is 1. The number of hydrogen-bond acceptors (Lipinski definition) is 8. The van der Waals surface area contributed by atoms with Crippen LogP contribution in [0.5, 0.6) is 5.88 Å². The molecule has 0 amide bonds. The zero-order valence-electron chi connectivity index (χ0n) is 24.3. The van der Waals surface area contributed by atoms with Crippen LogP contribution in [0.4, 0.5) is 13.2 Å². The lowest BCUT2D eigenvalue weighted by Gasteiger charge is -2.27. The smallest absolute Gasteiger partial charge is 0.335 e. The standard InChI is InChI=1S/C32H25F3N6O4S/c1-40-14-19(12-37-40)27-13-36-30(46-27)16-45-29-4-2-3-25(38-29)21-11-22(33)17(7-23(21)34)10-28-39-31-24(35)8-18(32(42)43)9-26(31)41(28)15-20-5-6-44-20/h2-4,7-9,11-14,20H,5-6,10,15-16H2,1H3,(H,42,43)/t20-/m0/s1. The number of ether oxygens (including phenoxy) is 2. The Labute approximate surface area is 263 Å². The first-order chi connectivity index (χ1) is 22.2. The Hall–Kier alpha value is -5.08. The molecule has 0 saturated carbocycles. The highest BCUT2D eigenvalue weighted by Gasteiger charge is 2.25. The molecular formula is C32H25F3N6O4S. The summed E-state index contributed by atoms with van der Waals surface area (Å²) in [5.41, 5.74) is 0.995. The summed E-state index contributed by atoms with van der Waals surface area (Å²) in [5.74, 6) is -3.07. The van der Waals surface area contributed by atoms with Crippen molar-refractivity contribution in [2.75, 3.05) is 6.61 Å². The van der Waals surface area contributed by atoms with Crippen LogP contribution in [-0.2, 0) is 31.4 Å². The Balaban J connectivity index is 1.13. The van der Waals surface area contributed by atoms with Crippen LogP contribution in [-0.4, -0.2) is 53.1 Å². The molecule has 2 aromatic carbocycles. The molecule has 14 heteroatoms. The average molecular weight is 647 g/mol. The molecule has 0 unspecified atom stereocenters. The lowest BCUT2D eigenvalue weighted by atomic mass is 10.0. The minimum absolute atomic E-state index is 0.00760. The Morgan fingerprint density at radius 2 is 1.96 bits per heavy atom. The first kappa shape index (κ1) is 29.6. The predicted octanol–water partition coefficient (Wildman–Crippen LogP) is 6.03. The van der Waals surface area contributed by atoms with E-state index >= 15 is 8.78 Å². The molecule has 4 aromatic heterocycles. The zero-order chi connectivity index (χ0) is 31.9. The van der Waals surface area contributed by atoms with Crippen LogP contribution in [0, 0.1) is 17.5 Å². The van der Waals surface area contributed by atoms with E-state index in [1.807, 2.05) is 13.2 Å². The maximum absolute atomic E-state index is 15.5. The van der Waals surface area contributed by atoms with E-state index in [0.29, 0.717) is 11.6 Å². The molecule has 1 N–H and O–H groups in total. The van der Waals surface area contributed by atoms with E-state index in [1.54, 1.807) is 39.8 Å². The number of thiazole rings is 1. The van der Waals surface area contributed by atoms with Crippen LogP contribution < -0.4 is 4.74 Å². The quantitative estimate of drug-likeness (QED) is 0.192. The lowest BCUT2D eigenvalue weighted by molar-refractivity contribution is -0.0589. The molecule has 1 aliphatic heterocycles. The van der Waals surface area contributed by atoms with Gasteiger partial charge in [-0.15, -0.1) is 11.3 Å². The number of carbonyl (C=O) groups is 1. The van der Waals surface area contributed by atoms with Crippen molar-refractivity contribution in [2.45, 2.75) is 32.1 Å². The normalized spacial score (nSPS) is 14.5. The van der Waals surface area contributed by atoms with Gasteiger partial charge in [-0.3, -0.25) is 4.68 Å². The van der Waals surface area contributed by atoms with Gasteiger partial charge in [0.25, 0.3) is 0 Å². The number of hydrogen-bond donors (Lipinski definition) is 1. The third-order valence-electron chi connectivity index (χ3n) is 7.68. The van der Waals surface area contributed by atoms with Gasteiger partial charge in [0.2, 0.25) is 5.88 Å². The molecule has 1 atom stereocenters. The van der Waals surface area contributed by atoms with Crippen molar-refractivity contribution in [3.8, 4) is 27.6 Å². The number of rotatable bonds is 10. The fraction of sp³-hybridized carbons (Fsp3) is 0.219. The SMILES string of the molecule is Cn1cc(-c2cnc(COc3cccc(-c4cc(F)c(Cc5nc6c(F)cc(C(=O)O)cc6n5C[C@@H]5CCO5)cc4F)n3)s2)cn1. The van der Waals surface area contributed by atoms with E-state index in [9.17, 15) is 14.3 Å². The minimum Gasteiger partial charge on any atom is -0.478 e. The monoisotopic (exact) mass is 646 g/mol. The maximum Gasteiger partial charge on any atom is 0.335 e. The molecule has 10 nitrogen and oxygen atoms in total. The van der Waals surface area contributed by atoms with Gasteiger partial charge in [0.05, 0.1) is 40.5 Å². The van der Waals surface area contributed by atoms with Crippen LogP contribution >= 0.6 is 11.3 Å². The molecule has 6 aromatic rings. The second-order valence-corrected chi connectivity index (χ2v) is 11.9. The molecule has 5 heterocycles. The molecule has 234 valence electrons. The molecule has 0 radical (unpaired) electrons. The highest BCUT2D eigenvalue weighted by atomic mass is 32.1. The van der Waals surface area contributed by atoms with Crippen molar-refractivity contribution in [1.82, 2.24) is 29.3 Å². The van der Waals surface area contributed by atoms with Crippen LogP contribution in [0.2, 0.25) is 0 Å². The van der Waals surface area contributed by atoms with Gasteiger partial charge in [-0.2, -0.15) is 5.10 Å². The lowest BCUT2D eigenvalue weighted by Crippen LogP contribution is -2.31. The number of carboxylic acids is 1. The van der Waals surface area contributed by atoms with Gasteiger partial charge in [-0.1, -0.05) is 6.07 Å². The van der Waals surface area contributed by atoms with Crippen molar-refractivity contribution in [2.24, 2.45) is 7.05 Å². The van der Waals surface area contributed by atoms with Crippen LogP contribution in [0.15, 0.2) is 61.1 Å². The molecule has 7 rings (SSSR count). The minimum atomic E-state index is -1.29. The first-order valence-electron chi connectivity index (χ1n) is 14.3. The van der Waals surface area contributed by atoms with Gasteiger partial charge in [0, 0.05) is 49.7 Å². The predicted molar refractivity (Wildman–Crippen MR) is 162 cm³/mol. The highest BCUT2D eigenvalue weighted by molar-refractivity contribution is 7.15. The van der Waals surface area contributed by atoms with Gasteiger partial charge in [0.15, 0.2) is 5.82 Å². The van der Waals surface area contributed by atoms with E-state index in [1.165, 1.54) is 17.4 Å². The number of imidazole rings is 1. The first-order valence-corrected chi connectivity index (χ1v) is 15.1. The molecule has 0 bridgehead atoms.